The Balaban J connectivity index is 1.72. The molecule has 0 N–H and O–H groups in total. The summed E-state index contributed by atoms with van der Waals surface area (Å²) in [6.07, 6.45) is -3.42. The molecule has 3 rings (SSSR count). The maximum absolute atomic E-state index is 12.9. The van der Waals surface area contributed by atoms with Gasteiger partial charge in [0.25, 0.3) is 0 Å². The normalized spacial score (nSPS) is 21.9. The molecular formula is C14H16F3N3OS. The van der Waals surface area contributed by atoms with Crippen LogP contribution in [0.1, 0.15) is 31.7 Å². The van der Waals surface area contributed by atoms with Gasteiger partial charge in [-0.25, -0.2) is 0 Å². The minimum absolute atomic E-state index is 0.0125. The van der Waals surface area contributed by atoms with Crippen LogP contribution >= 0.6 is 11.3 Å². The summed E-state index contributed by atoms with van der Waals surface area (Å²) >= 11 is 1.49. The number of aromatic nitrogens is 2. The molecule has 3 heterocycles. The number of nitrogens with zero attached hydrogens (tertiary/aromatic N) is 3. The van der Waals surface area contributed by atoms with Gasteiger partial charge in [-0.1, -0.05) is 11.2 Å². The molecule has 1 saturated heterocycles. The molecule has 2 aromatic heterocycles. The molecule has 8 heteroatoms. The molecule has 0 bridgehead atoms. The average Bonchev–Trinajstić information content (AvgIpc) is 3.16. The number of alkyl halides is 3. The third-order valence-electron chi connectivity index (χ3n) is 4.00. The molecule has 120 valence electrons. The van der Waals surface area contributed by atoms with Crippen molar-refractivity contribution in [1.29, 1.82) is 0 Å². The SMILES string of the molecule is C[C@@H](c1nc(-c2cccs2)no1)N1CCC[C@@H](C(F)(F)F)C1. The van der Waals surface area contributed by atoms with Crippen molar-refractivity contribution >= 4 is 11.3 Å². The maximum atomic E-state index is 12.9. The van der Waals surface area contributed by atoms with Gasteiger partial charge in [0.05, 0.1) is 16.8 Å². The van der Waals surface area contributed by atoms with Crippen LogP contribution in [0.4, 0.5) is 13.2 Å². The highest BCUT2D eigenvalue weighted by Crippen LogP contribution is 2.36. The van der Waals surface area contributed by atoms with Crippen molar-refractivity contribution in [3.05, 3.63) is 23.4 Å². The number of halogens is 3. The van der Waals surface area contributed by atoms with Gasteiger partial charge in [0, 0.05) is 6.54 Å². The first-order chi connectivity index (χ1) is 10.4. The molecule has 0 saturated carbocycles. The van der Waals surface area contributed by atoms with E-state index in [2.05, 4.69) is 10.1 Å². The van der Waals surface area contributed by atoms with Crippen LogP contribution in [0, 0.1) is 5.92 Å². The summed E-state index contributed by atoms with van der Waals surface area (Å²) in [7, 11) is 0. The van der Waals surface area contributed by atoms with Crippen LogP contribution in [-0.4, -0.2) is 34.3 Å². The predicted octanol–water partition coefficient (Wildman–Crippen LogP) is 4.13. The zero-order chi connectivity index (χ0) is 15.7. The third kappa shape index (κ3) is 3.17. The van der Waals surface area contributed by atoms with E-state index in [9.17, 15) is 13.2 Å². The first-order valence-electron chi connectivity index (χ1n) is 7.13. The number of piperidine rings is 1. The van der Waals surface area contributed by atoms with Gasteiger partial charge in [0.1, 0.15) is 0 Å². The lowest BCUT2D eigenvalue weighted by molar-refractivity contribution is -0.188. The van der Waals surface area contributed by atoms with E-state index < -0.39 is 12.1 Å². The average molecular weight is 331 g/mol. The minimum Gasteiger partial charge on any atom is -0.337 e. The lowest BCUT2D eigenvalue weighted by atomic mass is 9.96. The first-order valence-corrected chi connectivity index (χ1v) is 8.01. The Bertz CT molecular complexity index is 611. The van der Waals surface area contributed by atoms with E-state index in [-0.39, 0.29) is 19.0 Å². The second-order valence-corrected chi connectivity index (χ2v) is 6.43. The summed E-state index contributed by atoms with van der Waals surface area (Å²) in [4.78, 5) is 6.98. The van der Waals surface area contributed by atoms with Gasteiger partial charge in [-0.15, -0.1) is 11.3 Å². The van der Waals surface area contributed by atoms with Crippen molar-refractivity contribution in [2.45, 2.75) is 32.0 Å². The minimum atomic E-state index is -4.14. The van der Waals surface area contributed by atoms with E-state index in [0.29, 0.717) is 24.7 Å². The molecule has 4 nitrogen and oxygen atoms in total. The molecule has 0 spiro atoms. The van der Waals surface area contributed by atoms with Crippen molar-refractivity contribution in [2.75, 3.05) is 13.1 Å². The van der Waals surface area contributed by atoms with E-state index in [0.717, 1.165) is 4.88 Å². The van der Waals surface area contributed by atoms with E-state index in [1.54, 1.807) is 4.90 Å². The predicted molar refractivity (Wildman–Crippen MR) is 76.4 cm³/mol. The second kappa shape index (κ2) is 6.00. The van der Waals surface area contributed by atoms with E-state index in [1.165, 1.54) is 11.3 Å². The first kappa shape index (κ1) is 15.5. The van der Waals surface area contributed by atoms with Crippen molar-refractivity contribution in [1.82, 2.24) is 15.0 Å². The van der Waals surface area contributed by atoms with Crippen LogP contribution in [-0.2, 0) is 0 Å². The van der Waals surface area contributed by atoms with Crippen molar-refractivity contribution in [3.63, 3.8) is 0 Å². The summed E-state index contributed by atoms with van der Waals surface area (Å²) in [5, 5.41) is 5.83. The molecular weight excluding hydrogens is 315 g/mol. The fourth-order valence-electron chi connectivity index (χ4n) is 2.69. The zero-order valence-corrected chi connectivity index (χ0v) is 12.8. The summed E-state index contributed by atoms with van der Waals surface area (Å²) < 4.78 is 43.9. The van der Waals surface area contributed by atoms with Crippen LogP contribution in [0.15, 0.2) is 22.0 Å². The van der Waals surface area contributed by atoms with E-state index in [4.69, 9.17) is 4.52 Å². The Hall–Kier alpha value is -1.41. The molecule has 0 aromatic carbocycles. The molecule has 2 atom stereocenters. The molecule has 22 heavy (non-hydrogen) atoms. The summed E-state index contributed by atoms with van der Waals surface area (Å²) in [5.74, 6) is -0.421. The molecule has 0 radical (unpaired) electrons. The maximum Gasteiger partial charge on any atom is 0.393 e. The molecule has 1 fully saturated rings. The Labute approximate surface area is 129 Å². The van der Waals surface area contributed by atoms with E-state index >= 15 is 0 Å². The number of hydrogen-bond donors (Lipinski definition) is 0. The van der Waals surface area contributed by atoms with E-state index in [1.807, 2.05) is 24.4 Å². The third-order valence-corrected chi connectivity index (χ3v) is 4.87. The molecule has 1 aliphatic rings. The summed E-state index contributed by atoms with van der Waals surface area (Å²) in [6, 6.07) is 3.45. The monoisotopic (exact) mass is 331 g/mol. The zero-order valence-electron chi connectivity index (χ0n) is 12.0. The van der Waals surface area contributed by atoms with Crippen molar-refractivity contribution in [3.8, 4) is 10.7 Å². The van der Waals surface area contributed by atoms with Gasteiger partial charge in [0.15, 0.2) is 0 Å². The Kier molecular flexibility index (Phi) is 4.22. The highest BCUT2D eigenvalue weighted by atomic mass is 32.1. The van der Waals surface area contributed by atoms with Gasteiger partial charge < -0.3 is 4.52 Å². The topological polar surface area (TPSA) is 42.2 Å². The molecule has 0 amide bonds. The number of thiophene rings is 1. The van der Waals surface area contributed by atoms with Gasteiger partial charge in [0.2, 0.25) is 11.7 Å². The van der Waals surface area contributed by atoms with Crippen LogP contribution in [0.25, 0.3) is 10.7 Å². The lowest BCUT2D eigenvalue weighted by Gasteiger charge is -2.36. The summed E-state index contributed by atoms with van der Waals surface area (Å²) in [5.41, 5.74) is 0. The Morgan fingerprint density at radius 2 is 2.27 bits per heavy atom. The van der Waals surface area contributed by atoms with Crippen LogP contribution in [0.2, 0.25) is 0 Å². The van der Waals surface area contributed by atoms with Crippen molar-refractivity contribution in [2.24, 2.45) is 5.92 Å². The standard InChI is InChI=1S/C14H16F3N3OS/c1-9(20-6-2-4-10(8-20)14(15,16)17)13-18-12(19-21-13)11-5-3-7-22-11/h3,5,7,9-10H,2,4,6,8H2,1H3/t9-,10+/m0/s1. The quantitative estimate of drug-likeness (QED) is 0.848. The van der Waals surface area contributed by atoms with Crippen LogP contribution < -0.4 is 0 Å². The molecule has 0 aliphatic carbocycles. The number of likely N-dealkylation sites (tertiary alicyclic amines) is 1. The molecule has 1 aliphatic heterocycles. The number of rotatable bonds is 3. The Morgan fingerprint density at radius 1 is 1.45 bits per heavy atom. The number of hydrogen-bond acceptors (Lipinski definition) is 5. The Morgan fingerprint density at radius 3 is 2.95 bits per heavy atom. The van der Waals surface area contributed by atoms with Gasteiger partial charge >= 0.3 is 6.18 Å². The lowest BCUT2D eigenvalue weighted by Crippen LogP contribution is -2.42. The molecule has 0 unspecified atom stereocenters. The highest BCUT2D eigenvalue weighted by Gasteiger charge is 2.43. The fourth-order valence-corrected chi connectivity index (χ4v) is 3.34. The second-order valence-electron chi connectivity index (χ2n) is 5.49. The van der Waals surface area contributed by atoms with Crippen LogP contribution in [0.3, 0.4) is 0 Å². The van der Waals surface area contributed by atoms with Crippen molar-refractivity contribution < 1.29 is 17.7 Å². The van der Waals surface area contributed by atoms with Gasteiger partial charge in [-0.3, -0.25) is 4.90 Å². The summed E-state index contributed by atoms with van der Waals surface area (Å²) in [6.45, 7) is 2.41. The van der Waals surface area contributed by atoms with Crippen LogP contribution in [0.5, 0.6) is 0 Å². The molecule has 2 aromatic rings. The highest BCUT2D eigenvalue weighted by molar-refractivity contribution is 7.13. The van der Waals surface area contributed by atoms with Gasteiger partial charge in [-0.2, -0.15) is 18.2 Å². The largest absolute Gasteiger partial charge is 0.393 e. The fraction of sp³-hybridized carbons (Fsp3) is 0.571. The van der Waals surface area contributed by atoms with Gasteiger partial charge in [-0.05, 0) is 37.8 Å². The smallest absolute Gasteiger partial charge is 0.337 e.